The molecule has 36 heavy (non-hydrogen) atoms. The second kappa shape index (κ2) is 10.8. The number of nitrogens with zero attached hydrogens (tertiary/aromatic N) is 5. The van der Waals surface area contributed by atoms with Crippen LogP contribution in [0.5, 0.6) is 11.8 Å². The summed E-state index contributed by atoms with van der Waals surface area (Å²) in [6.45, 7) is 1.51. The molecule has 1 aliphatic heterocycles. The maximum absolute atomic E-state index is 11.5. The quantitative estimate of drug-likeness (QED) is 0.428. The molecule has 0 radical (unpaired) electrons. The first-order valence-electron chi connectivity index (χ1n) is 10.6. The summed E-state index contributed by atoms with van der Waals surface area (Å²) in [5.41, 5.74) is 1.24. The number of amides is 1. The first-order valence-corrected chi connectivity index (χ1v) is 13.2. The van der Waals surface area contributed by atoms with E-state index < -0.39 is 16.2 Å². The number of piperazine rings is 1. The topological polar surface area (TPSA) is 135 Å². The maximum atomic E-state index is 11.5. The molecule has 0 saturated carbocycles. The predicted molar refractivity (Wildman–Crippen MR) is 133 cm³/mol. The Kier molecular flexibility index (Phi) is 7.79. The van der Waals surface area contributed by atoms with Crippen molar-refractivity contribution in [2.24, 2.45) is 0 Å². The number of hydrogen-bond donors (Lipinski definition) is 1. The zero-order valence-corrected chi connectivity index (χ0v) is 21.3. The predicted octanol–water partition coefficient (Wildman–Crippen LogP) is 3.91. The van der Waals surface area contributed by atoms with E-state index >= 15 is 0 Å². The Balaban J connectivity index is 1.55. The number of pyridine rings is 1. The van der Waals surface area contributed by atoms with Crippen molar-refractivity contribution in [2.45, 2.75) is 6.61 Å². The third-order valence-corrected chi connectivity index (χ3v) is 6.12. The monoisotopic (exact) mass is 553 g/mol. The molecule has 4 rings (SSSR count). The average molecular weight is 554 g/mol. The van der Waals surface area contributed by atoms with Crippen LogP contribution in [0.1, 0.15) is 5.69 Å². The van der Waals surface area contributed by atoms with Crippen molar-refractivity contribution in [3.05, 3.63) is 58.3 Å². The van der Waals surface area contributed by atoms with E-state index in [1.807, 2.05) is 4.90 Å². The number of aromatic nitrogens is 3. The molecule has 0 aliphatic carbocycles. The normalized spacial score (nSPS) is 14.1. The lowest BCUT2D eigenvalue weighted by atomic mass is 10.1. The number of carbonyl (C=O) groups is 1. The lowest BCUT2D eigenvalue weighted by molar-refractivity contribution is 0.142. The molecule has 1 aliphatic rings. The van der Waals surface area contributed by atoms with Gasteiger partial charge in [0.05, 0.1) is 23.8 Å². The Labute approximate surface area is 217 Å². The van der Waals surface area contributed by atoms with Crippen molar-refractivity contribution >= 4 is 45.2 Å². The number of carboxylic acid groups (broad SMARTS) is 1. The number of anilines is 1. The highest BCUT2D eigenvalue weighted by Gasteiger charge is 2.21. The molecule has 0 bridgehead atoms. The van der Waals surface area contributed by atoms with Crippen molar-refractivity contribution in [3.63, 3.8) is 0 Å². The second-order valence-electron chi connectivity index (χ2n) is 7.86. The van der Waals surface area contributed by atoms with Crippen molar-refractivity contribution in [1.29, 1.82) is 0 Å². The number of hydrogen-bond acceptors (Lipinski definition) is 9. The van der Waals surface area contributed by atoms with Gasteiger partial charge in [0.1, 0.15) is 18.2 Å². The summed E-state index contributed by atoms with van der Waals surface area (Å²) in [7, 11) is -3.70. The summed E-state index contributed by atoms with van der Waals surface area (Å²) in [5, 5.41) is 9.90. The summed E-state index contributed by atoms with van der Waals surface area (Å²) >= 11 is 12.3. The van der Waals surface area contributed by atoms with E-state index in [1.54, 1.807) is 36.4 Å². The Morgan fingerprint density at radius 2 is 1.75 bits per heavy atom. The van der Waals surface area contributed by atoms with Crippen LogP contribution in [0.25, 0.3) is 11.3 Å². The van der Waals surface area contributed by atoms with Gasteiger partial charge in [0.2, 0.25) is 0 Å². The smallest absolute Gasteiger partial charge is 0.407 e. The van der Waals surface area contributed by atoms with Crippen LogP contribution in [0.3, 0.4) is 0 Å². The van der Waals surface area contributed by atoms with Gasteiger partial charge in [-0.3, -0.25) is 4.18 Å². The molecule has 0 spiro atoms. The summed E-state index contributed by atoms with van der Waals surface area (Å²) in [4.78, 5) is 27.5. The number of halogens is 2. The van der Waals surface area contributed by atoms with Crippen LogP contribution in [0.2, 0.25) is 10.0 Å². The fourth-order valence-electron chi connectivity index (χ4n) is 3.46. The van der Waals surface area contributed by atoms with Crippen LogP contribution in [0, 0.1) is 0 Å². The third-order valence-electron chi connectivity index (χ3n) is 5.14. The SMILES string of the molecule is CS(=O)(=O)OCc1cc(-c2cc(Cl)cc(Cl)c2)nc(Oc2ccc(N3CCN(C(=O)O)CC3)nc2)n1. The van der Waals surface area contributed by atoms with Gasteiger partial charge in [-0.25, -0.2) is 9.78 Å². The van der Waals surface area contributed by atoms with Crippen molar-refractivity contribution in [3.8, 4) is 23.0 Å². The molecule has 3 aromatic rings. The maximum Gasteiger partial charge on any atom is 0.407 e. The van der Waals surface area contributed by atoms with E-state index in [9.17, 15) is 13.2 Å². The number of rotatable bonds is 7. The molecule has 2 aromatic heterocycles. The summed E-state index contributed by atoms with van der Waals surface area (Å²) in [6.07, 6.45) is 1.51. The van der Waals surface area contributed by atoms with Gasteiger partial charge in [0.25, 0.3) is 10.1 Å². The van der Waals surface area contributed by atoms with Crippen LogP contribution in [0.15, 0.2) is 42.6 Å². The van der Waals surface area contributed by atoms with E-state index in [0.29, 0.717) is 59.0 Å². The molecule has 1 fully saturated rings. The molecule has 11 nitrogen and oxygen atoms in total. The Hall–Kier alpha value is -3.19. The molecule has 1 N–H and O–H groups in total. The summed E-state index contributed by atoms with van der Waals surface area (Å²) in [5.74, 6) is 1.03. The minimum Gasteiger partial charge on any atom is -0.465 e. The minimum absolute atomic E-state index is 0.0553. The first-order chi connectivity index (χ1) is 17.1. The zero-order chi connectivity index (χ0) is 25.9. The van der Waals surface area contributed by atoms with Gasteiger partial charge in [-0.05, 0) is 36.4 Å². The van der Waals surface area contributed by atoms with E-state index in [1.165, 1.54) is 11.1 Å². The molecule has 1 aromatic carbocycles. The van der Waals surface area contributed by atoms with E-state index in [-0.39, 0.29) is 18.3 Å². The van der Waals surface area contributed by atoms with Crippen LogP contribution in [-0.4, -0.2) is 71.9 Å². The van der Waals surface area contributed by atoms with Crippen molar-refractivity contribution < 1.29 is 27.2 Å². The molecule has 0 unspecified atom stereocenters. The van der Waals surface area contributed by atoms with Crippen LogP contribution >= 0.6 is 23.2 Å². The van der Waals surface area contributed by atoms with Gasteiger partial charge in [-0.1, -0.05) is 23.2 Å². The van der Waals surface area contributed by atoms with Crippen LogP contribution in [-0.2, 0) is 20.9 Å². The first kappa shape index (κ1) is 25.9. The minimum atomic E-state index is -3.70. The fourth-order valence-corrected chi connectivity index (χ4v) is 4.32. The van der Waals surface area contributed by atoms with Gasteiger partial charge in [0.15, 0.2) is 0 Å². The molecule has 1 saturated heterocycles. The van der Waals surface area contributed by atoms with Gasteiger partial charge in [-0.15, -0.1) is 0 Å². The highest BCUT2D eigenvalue weighted by molar-refractivity contribution is 7.85. The van der Waals surface area contributed by atoms with Crippen LogP contribution < -0.4 is 9.64 Å². The highest BCUT2D eigenvalue weighted by atomic mass is 35.5. The van der Waals surface area contributed by atoms with Crippen molar-refractivity contribution in [1.82, 2.24) is 19.9 Å². The Morgan fingerprint density at radius 3 is 2.33 bits per heavy atom. The lowest BCUT2D eigenvalue weighted by Crippen LogP contribution is -2.48. The second-order valence-corrected chi connectivity index (χ2v) is 10.4. The molecule has 190 valence electrons. The van der Waals surface area contributed by atoms with E-state index in [0.717, 1.165) is 6.26 Å². The number of benzene rings is 1. The van der Waals surface area contributed by atoms with E-state index in [2.05, 4.69) is 15.0 Å². The lowest BCUT2D eigenvalue weighted by Gasteiger charge is -2.33. The number of ether oxygens (including phenoxy) is 1. The average Bonchev–Trinajstić information content (AvgIpc) is 2.82. The molecular weight excluding hydrogens is 533 g/mol. The zero-order valence-electron chi connectivity index (χ0n) is 19.0. The standard InChI is InChI=1S/C22H21Cl2N5O6S/c1-36(32,33)34-13-17-11-19(14-8-15(23)10-16(24)9-14)27-21(26-17)35-18-2-3-20(25-12-18)28-4-6-29(7-5-28)22(30)31/h2-3,8-12H,4-7,13H2,1H3,(H,30,31). The van der Waals surface area contributed by atoms with E-state index in [4.69, 9.17) is 37.2 Å². The molecule has 14 heteroatoms. The van der Waals surface area contributed by atoms with Gasteiger partial charge in [0, 0.05) is 41.8 Å². The molecule has 1 amide bonds. The summed E-state index contributed by atoms with van der Waals surface area (Å²) in [6, 6.07) is 9.82. The third kappa shape index (κ3) is 6.94. The molecule has 0 atom stereocenters. The fraction of sp³-hybridized carbons (Fsp3) is 0.273. The highest BCUT2D eigenvalue weighted by Crippen LogP contribution is 2.29. The van der Waals surface area contributed by atoms with Gasteiger partial charge >= 0.3 is 12.1 Å². The van der Waals surface area contributed by atoms with Crippen LogP contribution in [0.4, 0.5) is 10.6 Å². The molecular formula is C22H21Cl2N5O6S. The van der Waals surface area contributed by atoms with Gasteiger partial charge < -0.3 is 19.6 Å². The Bertz CT molecular complexity index is 1350. The van der Waals surface area contributed by atoms with Crippen molar-refractivity contribution in [2.75, 3.05) is 37.3 Å². The Morgan fingerprint density at radius 1 is 1.06 bits per heavy atom. The van der Waals surface area contributed by atoms with Gasteiger partial charge in [-0.2, -0.15) is 18.4 Å². The summed E-state index contributed by atoms with van der Waals surface area (Å²) < 4.78 is 33.6. The largest absolute Gasteiger partial charge is 0.465 e. The molecule has 3 heterocycles.